The lowest BCUT2D eigenvalue weighted by atomic mass is 10.1. The number of nitrogens with two attached hydrogens (primary N) is 1. The van der Waals surface area contributed by atoms with Crippen LogP contribution in [0.3, 0.4) is 0 Å². The van der Waals surface area contributed by atoms with Crippen LogP contribution in [0.15, 0.2) is 18.2 Å². The van der Waals surface area contributed by atoms with Gasteiger partial charge in [-0.15, -0.1) is 0 Å². The van der Waals surface area contributed by atoms with Crippen molar-refractivity contribution >= 4 is 40.7 Å². The highest BCUT2D eigenvalue weighted by molar-refractivity contribution is 6.35. The van der Waals surface area contributed by atoms with Crippen LogP contribution in [0.25, 0.3) is 0 Å². The number of hydrogen-bond acceptors (Lipinski definition) is 2. The molecule has 1 saturated heterocycles. The highest BCUT2D eigenvalue weighted by Gasteiger charge is 2.34. The fourth-order valence-electron chi connectivity index (χ4n) is 1.84. The zero-order chi connectivity index (χ0) is 12.6. The second-order valence-electron chi connectivity index (χ2n) is 3.94. The number of benzene rings is 1. The van der Waals surface area contributed by atoms with Crippen molar-refractivity contribution < 1.29 is 9.59 Å². The van der Waals surface area contributed by atoms with Crippen LogP contribution in [-0.2, 0) is 9.59 Å². The second-order valence-corrected chi connectivity index (χ2v) is 4.81. The highest BCUT2D eigenvalue weighted by atomic mass is 35.5. The lowest BCUT2D eigenvalue weighted by Gasteiger charge is -2.16. The Morgan fingerprint density at radius 1 is 1.29 bits per heavy atom. The van der Waals surface area contributed by atoms with E-state index >= 15 is 0 Å². The third-order valence-corrected chi connectivity index (χ3v) is 3.12. The van der Waals surface area contributed by atoms with Gasteiger partial charge >= 0.3 is 0 Å². The number of rotatable bonds is 2. The zero-order valence-corrected chi connectivity index (χ0v) is 10.3. The van der Waals surface area contributed by atoms with Crippen molar-refractivity contribution in [3.8, 4) is 0 Å². The molecule has 0 aromatic heterocycles. The zero-order valence-electron chi connectivity index (χ0n) is 8.82. The minimum absolute atomic E-state index is 0.138. The maximum Gasteiger partial charge on any atom is 0.227 e. The molecule has 1 heterocycles. The summed E-state index contributed by atoms with van der Waals surface area (Å²) < 4.78 is 0. The first-order valence-corrected chi connectivity index (χ1v) is 5.79. The highest BCUT2D eigenvalue weighted by Crippen LogP contribution is 2.30. The SMILES string of the molecule is NC(=O)[C@@H]1CC(=O)N(c2cc(Cl)cc(Cl)c2)C1. The average molecular weight is 273 g/mol. The van der Waals surface area contributed by atoms with Gasteiger partial charge in [-0.3, -0.25) is 9.59 Å². The molecule has 2 amide bonds. The van der Waals surface area contributed by atoms with Crippen LogP contribution in [0.4, 0.5) is 5.69 Å². The van der Waals surface area contributed by atoms with Crippen molar-refractivity contribution in [2.75, 3.05) is 11.4 Å². The molecular formula is C11H10Cl2N2O2. The first-order chi connectivity index (χ1) is 7.97. The van der Waals surface area contributed by atoms with E-state index < -0.39 is 11.8 Å². The topological polar surface area (TPSA) is 63.4 Å². The van der Waals surface area contributed by atoms with Gasteiger partial charge in [0, 0.05) is 28.7 Å². The minimum atomic E-state index is -0.464. The summed E-state index contributed by atoms with van der Waals surface area (Å²) in [6.45, 7) is 0.283. The fraction of sp³-hybridized carbons (Fsp3) is 0.273. The van der Waals surface area contributed by atoms with E-state index in [1.165, 1.54) is 4.90 Å². The molecule has 0 saturated carbocycles. The first-order valence-electron chi connectivity index (χ1n) is 5.03. The van der Waals surface area contributed by atoms with Gasteiger partial charge in [0.1, 0.15) is 0 Å². The van der Waals surface area contributed by atoms with Gasteiger partial charge in [0.15, 0.2) is 0 Å². The number of nitrogens with zero attached hydrogens (tertiary/aromatic N) is 1. The largest absolute Gasteiger partial charge is 0.369 e. The van der Waals surface area contributed by atoms with Gasteiger partial charge in [0.2, 0.25) is 11.8 Å². The Morgan fingerprint density at radius 3 is 2.35 bits per heavy atom. The minimum Gasteiger partial charge on any atom is -0.369 e. The Bertz CT molecular complexity index is 470. The third kappa shape index (κ3) is 2.53. The number of carbonyl (C=O) groups excluding carboxylic acids is 2. The van der Waals surface area contributed by atoms with Crippen LogP contribution in [0.5, 0.6) is 0 Å². The lowest BCUT2D eigenvalue weighted by Crippen LogP contribution is -2.28. The Hall–Kier alpha value is -1.26. The van der Waals surface area contributed by atoms with Gasteiger partial charge in [-0.25, -0.2) is 0 Å². The van der Waals surface area contributed by atoms with Gasteiger partial charge in [0.05, 0.1) is 5.92 Å². The van der Waals surface area contributed by atoms with Crippen molar-refractivity contribution in [2.45, 2.75) is 6.42 Å². The third-order valence-electron chi connectivity index (χ3n) is 2.69. The molecule has 1 aliphatic heterocycles. The van der Waals surface area contributed by atoms with E-state index in [1.54, 1.807) is 18.2 Å². The van der Waals surface area contributed by atoms with E-state index in [0.29, 0.717) is 15.7 Å². The second kappa shape index (κ2) is 4.55. The van der Waals surface area contributed by atoms with Gasteiger partial charge in [-0.1, -0.05) is 23.2 Å². The van der Waals surface area contributed by atoms with E-state index in [9.17, 15) is 9.59 Å². The summed E-state index contributed by atoms with van der Waals surface area (Å²) in [5.41, 5.74) is 5.78. The number of hydrogen-bond donors (Lipinski definition) is 1. The number of halogens is 2. The van der Waals surface area contributed by atoms with Crippen LogP contribution < -0.4 is 10.6 Å². The molecule has 0 bridgehead atoms. The maximum atomic E-state index is 11.7. The van der Waals surface area contributed by atoms with E-state index in [1.807, 2.05) is 0 Å². The van der Waals surface area contributed by atoms with Crippen molar-refractivity contribution in [1.29, 1.82) is 0 Å². The Morgan fingerprint density at radius 2 is 1.88 bits per heavy atom. The standard InChI is InChI=1S/C11H10Cl2N2O2/c12-7-2-8(13)4-9(3-7)15-5-6(11(14)17)1-10(15)16/h2-4,6H,1,5H2,(H2,14,17)/t6-/m1/s1. The number of carbonyl (C=O) groups is 2. The molecule has 1 aromatic carbocycles. The van der Waals surface area contributed by atoms with Gasteiger partial charge in [-0.05, 0) is 18.2 Å². The monoisotopic (exact) mass is 272 g/mol. The molecule has 2 rings (SSSR count). The van der Waals surface area contributed by atoms with Gasteiger partial charge < -0.3 is 10.6 Å². The van der Waals surface area contributed by atoms with Gasteiger partial charge in [0.25, 0.3) is 0 Å². The maximum absolute atomic E-state index is 11.7. The van der Waals surface area contributed by atoms with E-state index in [0.717, 1.165) is 0 Å². The summed E-state index contributed by atoms with van der Waals surface area (Å²) >= 11 is 11.7. The summed E-state index contributed by atoms with van der Waals surface area (Å²) in [4.78, 5) is 24.3. The van der Waals surface area contributed by atoms with Crippen LogP contribution in [0.1, 0.15) is 6.42 Å². The summed E-state index contributed by atoms with van der Waals surface area (Å²) in [5.74, 6) is -1.05. The average Bonchev–Trinajstić information content (AvgIpc) is 2.59. The Kier molecular flexibility index (Phi) is 3.26. The molecule has 0 unspecified atom stereocenters. The smallest absolute Gasteiger partial charge is 0.227 e. The Labute approximate surface area is 108 Å². The van der Waals surface area contributed by atoms with Crippen molar-refractivity contribution in [2.24, 2.45) is 11.7 Å². The molecule has 4 nitrogen and oxygen atoms in total. The molecule has 1 atom stereocenters. The number of anilines is 1. The molecule has 0 radical (unpaired) electrons. The molecule has 2 N–H and O–H groups in total. The summed E-state index contributed by atoms with van der Waals surface area (Å²) in [6, 6.07) is 4.85. The summed E-state index contributed by atoms with van der Waals surface area (Å²) in [5, 5.41) is 0.894. The molecule has 1 aliphatic rings. The van der Waals surface area contributed by atoms with Crippen molar-refractivity contribution in [3.63, 3.8) is 0 Å². The predicted octanol–water partition coefficient (Wildman–Crippen LogP) is 1.83. The van der Waals surface area contributed by atoms with E-state index in [-0.39, 0.29) is 18.9 Å². The Balaban J connectivity index is 2.28. The molecule has 0 aliphatic carbocycles. The van der Waals surface area contributed by atoms with Crippen LogP contribution >= 0.6 is 23.2 Å². The fourth-order valence-corrected chi connectivity index (χ4v) is 2.36. The number of amides is 2. The van der Waals surface area contributed by atoms with Crippen LogP contribution in [0, 0.1) is 5.92 Å². The molecular weight excluding hydrogens is 263 g/mol. The van der Waals surface area contributed by atoms with Crippen LogP contribution in [0.2, 0.25) is 10.0 Å². The number of primary amides is 1. The lowest BCUT2D eigenvalue weighted by molar-refractivity contribution is -0.123. The normalized spacial score (nSPS) is 19.8. The van der Waals surface area contributed by atoms with Gasteiger partial charge in [-0.2, -0.15) is 0 Å². The summed E-state index contributed by atoms with van der Waals surface area (Å²) in [7, 11) is 0. The summed E-state index contributed by atoms with van der Waals surface area (Å²) in [6.07, 6.45) is 0.138. The van der Waals surface area contributed by atoms with E-state index in [2.05, 4.69) is 0 Å². The van der Waals surface area contributed by atoms with Crippen molar-refractivity contribution in [1.82, 2.24) is 0 Å². The molecule has 90 valence electrons. The first kappa shape index (κ1) is 12.2. The molecule has 6 heteroatoms. The van der Waals surface area contributed by atoms with Crippen molar-refractivity contribution in [3.05, 3.63) is 28.2 Å². The molecule has 17 heavy (non-hydrogen) atoms. The van der Waals surface area contributed by atoms with E-state index in [4.69, 9.17) is 28.9 Å². The van der Waals surface area contributed by atoms with Crippen LogP contribution in [-0.4, -0.2) is 18.4 Å². The molecule has 1 fully saturated rings. The quantitative estimate of drug-likeness (QED) is 0.893. The predicted molar refractivity (Wildman–Crippen MR) is 66.1 cm³/mol. The molecule has 0 spiro atoms. The molecule has 1 aromatic rings.